The molecule has 1 rings (SSSR count). The molecule has 1 saturated heterocycles. The summed E-state index contributed by atoms with van der Waals surface area (Å²) in [5.74, 6) is -1.42. The zero-order chi connectivity index (χ0) is 43.4. The molecule has 0 aliphatic carbocycles. The van der Waals surface area contributed by atoms with E-state index in [-0.39, 0.29) is 44.9 Å². The number of hydrogen-bond donors (Lipinski definition) is 5. The SMILES string of the molecule is CCCCC/C=C\C/C=C\C/C=C\C/C=C\CCCC(=O)OC[C@H](COP(=O)(O)OCCN)OC(=O)CCC/C=C\C[C@H]1[C@@H](O)CC(O)O[C@@H]1/C=C/[C@@H](O)CCCCC. The first-order valence-corrected chi connectivity index (χ1v) is 23.3. The van der Waals surface area contributed by atoms with Crippen LogP contribution in [0.25, 0.3) is 0 Å². The smallest absolute Gasteiger partial charge is 0.462 e. The number of esters is 2. The molecular weight excluding hydrogens is 777 g/mol. The molecular formula is C45H76NO12P. The predicted molar refractivity (Wildman–Crippen MR) is 232 cm³/mol. The monoisotopic (exact) mass is 854 g/mol. The minimum absolute atomic E-state index is 0.00145. The number of hydrogen-bond acceptors (Lipinski definition) is 12. The third kappa shape index (κ3) is 30.9. The van der Waals surface area contributed by atoms with Gasteiger partial charge in [-0.1, -0.05) is 119 Å². The van der Waals surface area contributed by atoms with E-state index in [1.165, 1.54) is 19.3 Å². The second-order valence-electron chi connectivity index (χ2n) is 14.7. The highest BCUT2D eigenvalue weighted by atomic mass is 31.2. The molecule has 7 atom stereocenters. The number of carbonyl (C=O) groups excluding carboxylic acids is 2. The molecule has 2 unspecified atom stereocenters. The van der Waals surface area contributed by atoms with Gasteiger partial charge in [-0.3, -0.25) is 18.6 Å². The van der Waals surface area contributed by atoms with Crippen LogP contribution in [0, 0.1) is 5.92 Å². The molecule has 0 aromatic heterocycles. The molecule has 6 N–H and O–H groups in total. The van der Waals surface area contributed by atoms with Crippen LogP contribution in [-0.2, 0) is 37.4 Å². The van der Waals surface area contributed by atoms with Crippen molar-refractivity contribution in [2.24, 2.45) is 11.7 Å². The topological polar surface area (TPSA) is 204 Å². The number of rotatable bonds is 35. The molecule has 0 radical (unpaired) electrons. The standard InChI is InChI=1S/C45H76NO12P/c1-3-5-7-8-9-10-11-12-13-14-15-16-17-18-19-20-25-29-43(49)54-36-39(37-56-59(52,53)55-34-33-46)57-44(50)30-26-22-21-24-28-40-41(48)35-45(51)58-42(40)32-31-38(47)27-23-6-4-2/h9-10,12-13,15-16,18-19,21,24,31-32,38-42,45,47-48,51H,3-8,11,14,17,20,22-23,25-30,33-37,46H2,1-2H3,(H,52,53)/b10-9-,13-12-,16-15-,19-18-,24-21-,32-31+/t38-,39+,40-,41-,42+,45?/m0/s1. The van der Waals surface area contributed by atoms with Gasteiger partial charge in [-0.25, -0.2) is 4.57 Å². The van der Waals surface area contributed by atoms with E-state index in [4.69, 9.17) is 29.0 Å². The van der Waals surface area contributed by atoms with Gasteiger partial charge in [-0.15, -0.1) is 0 Å². The first-order valence-electron chi connectivity index (χ1n) is 21.8. The zero-order valence-electron chi connectivity index (χ0n) is 35.7. The summed E-state index contributed by atoms with van der Waals surface area (Å²) in [5.41, 5.74) is 5.34. The summed E-state index contributed by atoms with van der Waals surface area (Å²) in [6.45, 7) is 3.19. The number of phosphoric ester groups is 1. The summed E-state index contributed by atoms with van der Waals surface area (Å²) in [6, 6.07) is 0. The first kappa shape index (κ1) is 54.3. The first-order chi connectivity index (χ1) is 28.5. The molecule has 1 aliphatic heterocycles. The summed E-state index contributed by atoms with van der Waals surface area (Å²) >= 11 is 0. The van der Waals surface area contributed by atoms with Gasteiger partial charge >= 0.3 is 19.8 Å². The average molecular weight is 854 g/mol. The lowest BCUT2D eigenvalue weighted by molar-refractivity contribution is -0.199. The second-order valence-corrected chi connectivity index (χ2v) is 16.2. The van der Waals surface area contributed by atoms with Gasteiger partial charge in [-0.2, -0.15) is 0 Å². The minimum atomic E-state index is -4.47. The minimum Gasteiger partial charge on any atom is -0.462 e. The number of aliphatic hydroxyl groups is 3. The summed E-state index contributed by atoms with van der Waals surface area (Å²) in [4.78, 5) is 35.1. The van der Waals surface area contributed by atoms with Gasteiger partial charge < -0.3 is 40.2 Å². The van der Waals surface area contributed by atoms with E-state index in [1.54, 1.807) is 12.2 Å². The Labute approximate surface area is 354 Å². The van der Waals surface area contributed by atoms with Crippen LogP contribution >= 0.6 is 7.82 Å². The molecule has 0 saturated carbocycles. The van der Waals surface area contributed by atoms with Crippen LogP contribution < -0.4 is 5.73 Å². The highest BCUT2D eigenvalue weighted by molar-refractivity contribution is 7.47. The van der Waals surface area contributed by atoms with E-state index in [9.17, 15) is 34.4 Å². The number of unbranched alkanes of at least 4 members (excludes halogenated alkanes) is 7. The lowest BCUT2D eigenvalue weighted by Crippen LogP contribution is -2.43. The van der Waals surface area contributed by atoms with Gasteiger partial charge in [-0.05, 0) is 70.6 Å². The fraction of sp³-hybridized carbons (Fsp3) is 0.689. The molecule has 14 heteroatoms. The van der Waals surface area contributed by atoms with Gasteiger partial charge in [0.25, 0.3) is 0 Å². The highest BCUT2D eigenvalue weighted by Crippen LogP contribution is 2.43. The third-order valence-electron chi connectivity index (χ3n) is 9.36. The molecule has 0 spiro atoms. The van der Waals surface area contributed by atoms with E-state index < -0.39 is 57.1 Å². The fourth-order valence-corrected chi connectivity index (χ4v) is 6.78. The van der Waals surface area contributed by atoms with Crippen molar-refractivity contribution in [1.82, 2.24) is 0 Å². The number of ether oxygens (including phenoxy) is 3. The summed E-state index contributed by atoms with van der Waals surface area (Å²) in [7, 11) is -4.47. The Balaban J connectivity index is 2.49. The van der Waals surface area contributed by atoms with Gasteiger partial charge in [0.05, 0.1) is 31.5 Å². The van der Waals surface area contributed by atoms with Crippen molar-refractivity contribution in [3.05, 3.63) is 72.9 Å². The molecule has 59 heavy (non-hydrogen) atoms. The molecule has 0 bridgehead atoms. The van der Waals surface area contributed by atoms with E-state index in [2.05, 4.69) is 50.3 Å². The summed E-state index contributed by atoms with van der Waals surface area (Å²) in [6.07, 6.45) is 34.2. The molecule has 1 aliphatic rings. The van der Waals surface area contributed by atoms with Crippen molar-refractivity contribution in [3.8, 4) is 0 Å². The van der Waals surface area contributed by atoms with Crippen molar-refractivity contribution in [3.63, 3.8) is 0 Å². The van der Waals surface area contributed by atoms with Crippen molar-refractivity contribution >= 4 is 19.8 Å². The maximum absolute atomic E-state index is 12.7. The molecule has 0 amide bonds. The van der Waals surface area contributed by atoms with Crippen molar-refractivity contribution in [2.75, 3.05) is 26.4 Å². The Morgan fingerprint density at radius 3 is 1.98 bits per heavy atom. The largest absolute Gasteiger partial charge is 0.472 e. The zero-order valence-corrected chi connectivity index (χ0v) is 36.6. The van der Waals surface area contributed by atoms with E-state index in [0.29, 0.717) is 38.5 Å². The van der Waals surface area contributed by atoms with E-state index in [0.717, 1.165) is 44.9 Å². The van der Waals surface area contributed by atoms with Gasteiger partial charge in [0.15, 0.2) is 12.4 Å². The van der Waals surface area contributed by atoms with Crippen LogP contribution in [0.1, 0.15) is 136 Å². The summed E-state index contributed by atoms with van der Waals surface area (Å²) < 4.78 is 38.3. The molecule has 338 valence electrons. The third-order valence-corrected chi connectivity index (χ3v) is 10.3. The van der Waals surface area contributed by atoms with Crippen LogP contribution in [0.4, 0.5) is 0 Å². The quantitative estimate of drug-likeness (QED) is 0.0176. The maximum atomic E-state index is 12.7. The Kier molecular flexibility index (Phi) is 33.1. The van der Waals surface area contributed by atoms with Crippen LogP contribution in [0.5, 0.6) is 0 Å². The fourth-order valence-electron chi connectivity index (χ4n) is 6.02. The number of aliphatic hydroxyl groups excluding tert-OH is 3. The molecule has 0 aromatic rings. The Morgan fingerprint density at radius 2 is 1.36 bits per heavy atom. The van der Waals surface area contributed by atoms with E-state index in [1.807, 2.05) is 24.3 Å². The Bertz CT molecular complexity index is 1320. The molecule has 13 nitrogen and oxygen atoms in total. The highest BCUT2D eigenvalue weighted by Gasteiger charge is 2.35. The molecule has 0 aromatic carbocycles. The summed E-state index contributed by atoms with van der Waals surface area (Å²) in [5, 5.41) is 30.9. The Morgan fingerprint density at radius 1 is 0.780 bits per heavy atom. The molecule has 1 fully saturated rings. The van der Waals surface area contributed by atoms with Crippen molar-refractivity contribution in [1.29, 1.82) is 0 Å². The predicted octanol–water partition coefficient (Wildman–Crippen LogP) is 8.38. The number of carbonyl (C=O) groups is 2. The normalized spacial score (nSPS) is 21.1. The number of allylic oxidation sites excluding steroid dienone is 10. The average Bonchev–Trinajstić information content (AvgIpc) is 3.20. The van der Waals surface area contributed by atoms with Crippen LogP contribution in [0.15, 0.2) is 72.9 Å². The van der Waals surface area contributed by atoms with E-state index >= 15 is 0 Å². The van der Waals surface area contributed by atoms with Crippen LogP contribution in [-0.4, -0.2) is 89.2 Å². The lowest BCUT2D eigenvalue weighted by Gasteiger charge is -2.36. The Hall–Kier alpha value is -2.71. The molecule has 1 heterocycles. The lowest BCUT2D eigenvalue weighted by atomic mass is 9.87. The van der Waals surface area contributed by atoms with Gasteiger partial charge in [0, 0.05) is 31.7 Å². The maximum Gasteiger partial charge on any atom is 0.472 e. The second kappa shape index (κ2) is 36.0. The van der Waals surface area contributed by atoms with Crippen molar-refractivity contribution in [2.45, 2.75) is 167 Å². The van der Waals surface area contributed by atoms with Gasteiger partial charge in [0.2, 0.25) is 0 Å². The number of nitrogens with two attached hydrogens (primary N) is 1. The van der Waals surface area contributed by atoms with Gasteiger partial charge in [0.1, 0.15) is 6.61 Å². The van der Waals surface area contributed by atoms with Crippen molar-refractivity contribution < 1.29 is 57.6 Å². The van der Waals surface area contributed by atoms with Crippen LogP contribution in [0.3, 0.4) is 0 Å². The van der Waals surface area contributed by atoms with Crippen LogP contribution in [0.2, 0.25) is 0 Å². The number of phosphoric acid groups is 1.